The normalized spacial score (nSPS) is 26.2. The molecule has 0 unspecified atom stereocenters. The lowest BCUT2D eigenvalue weighted by Gasteiger charge is -2.21. The Morgan fingerprint density at radius 3 is 2.57 bits per heavy atom. The van der Waals surface area contributed by atoms with Crippen LogP contribution in [0.15, 0.2) is 23.3 Å². The van der Waals surface area contributed by atoms with Crippen LogP contribution in [0.3, 0.4) is 0 Å². The van der Waals surface area contributed by atoms with Crippen LogP contribution in [0.1, 0.15) is 43.0 Å². The van der Waals surface area contributed by atoms with Crippen LogP contribution < -0.4 is 14.9 Å². The fourth-order valence-electron chi connectivity index (χ4n) is 4.02. The Hall–Kier alpha value is -2.04. The van der Waals surface area contributed by atoms with E-state index in [-0.39, 0.29) is 5.91 Å². The van der Waals surface area contributed by atoms with E-state index in [1.165, 1.54) is 25.7 Å². The maximum absolute atomic E-state index is 12.3. The lowest BCUT2D eigenvalue weighted by molar-refractivity contribution is 0.0954. The number of rotatable bonds is 5. The number of nitrogens with zero attached hydrogens (tertiary/aromatic N) is 1. The Bertz CT molecular complexity index is 627. The van der Waals surface area contributed by atoms with E-state index in [1.807, 2.05) is 6.92 Å². The largest absolute Gasteiger partial charge is 0.493 e. The first-order valence-corrected chi connectivity index (χ1v) is 8.19. The zero-order valence-electron chi connectivity index (χ0n) is 14.0. The number of benzene rings is 1. The molecular weight excluding hydrogens is 292 g/mol. The lowest BCUT2D eigenvalue weighted by Crippen LogP contribution is -2.24. The first kappa shape index (κ1) is 15.8. The molecule has 1 aromatic carbocycles. The van der Waals surface area contributed by atoms with Crippen molar-refractivity contribution in [1.82, 2.24) is 5.43 Å². The van der Waals surface area contributed by atoms with Crippen molar-refractivity contribution in [3.05, 3.63) is 23.8 Å². The molecule has 124 valence electrons. The van der Waals surface area contributed by atoms with E-state index in [9.17, 15) is 4.79 Å². The Kier molecular flexibility index (Phi) is 4.55. The molecule has 5 nitrogen and oxygen atoms in total. The van der Waals surface area contributed by atoms with Crippen molar-refractivity contribution >= 4 is 11.6 Å². The SMILES string of the molecule is COc1ccc(C(=O)N/N=C(/C)[C@H]2C[C@@H]3CC[C@@H]2C3)cc1OC. The Balaban J connectivity index is 1.66. The summed E-state index contributed by atoms with van der Waals surface area (Å²) in [5.74, 6) is 3.09. The maximum atomic E-state index is 12.3. The number of carbonyl (C=O) groups is 1. The summed E-state index contributed by atoms with van der Waals surface area (Å²) in [6.07, 6.45) is 5.24. The van der Waals surface area contributed by atoms with Gasteiger partial charge >= 0.3 is 0 Å². The minimum Gasteiger partial charge on any atom is -0.493 e. The van der Waals surface area contributed by atoms with E-state index >= 15 is 0 Å². The molecular formula is C18H24N2O3. The van der Waals surface area contributed by atoms with Gasteiger partial charge in [-0.2, -0.15) is 5.10 Å². The van der Waals surface area contributed by atoms with Crippen LogP contribution in [-0.2, 0) is 0 Å². The number of methoxy groups -OCH3 is 2. The highest BCUT2D eigenvalue weighted by atomic mass is 16.5. The van der Waals surface area contributed by atoms with E-state index < -0.39 is 0 Å². The van der Waals surface area contributed by atoms with Crippen molar-refractivity contribution in [2.45, 2.75) is 32.6 Å². The third kappa shape index (κ3) is 3.19. The average molecular weight is 316 g/mol. The molecule has 0 spiro atoms. The molecule has 0 radical (unpaired) electrons. The summed E-state index contributed by atoms with van der Waals surface area (Å²) < 4.78 is 10.4. The summed E-state index contributed by atoms with van der Waals surface area (Å²) >= 11 is 0. The van der Waals surface area contributed by atoms with Crippen molar-refractivity contribution in [3.8, 4) is 11.5 Å². The summed E-state index contributed by atoms with van der Waals surface area (Å²) in [7, 11) is 3.12. The molecule has 2 bridgehead atoms. The van der Waals surface area contributed by atoms with Crippen LogP contribution >= 0.6 is 0 Å². The van der Waals surface area contributed by atoms with E-state index in [2.05, 4.69) is 10.5 Å². The van der Waals surface area contributed by atoms with Crippen molar-refractivity contribution in [1.29, 1.82) is 0 Å². The van der Waals surface area contributed by atoms with Gasteiger partial charge in [-0.3, -0.25) is 4.79 Å². The molecule has 3 rings (SSSR count). The lowest BCUT2D eigenvalue weighted by atomic mass is 9.86. The van der Waals surface area contributed by atoms with Crippen molar-refractivity contribution in [3.63, 3.8) is 0 Å². The summed E-state index contributed by atoms with van der Waals surface area (Å²) in [4.78, 5) is 12.3. The number of hydrogen-bond donors (Lipinski definition) is 1. The Morgan fingerprint density at radius 1 is 1.17 bits per heavy atom. The summed E-state index contributed by atoms with van der Waals surface area (Å²) in [6.45, 7) is 2.03. The van der Waals surface area contributed by atoms with Crippen LogP contribution in [0.4, 0.5) is 0 Å². The molecule has 1 amide bonds. The van der Waals surface area contributed by atoms with E-state index in [0.29, 0.717) is 23.0 Å². The second-order valence-corrected chi connectivity index (χ2v) is 6.55. The first-order valence-electron chi connectivity index (χ1n) is 8.19. The highest BCUT2D eigenvalue weighted by Crippen LogP contribution is 2.48. The molecule has 2 aliphatic carbocycles. The second-order valence-electron chi connectivity index (χ2n) is 6.55. The zero-order chi connectivity index (χ0) is 16.4. The molecule has 3 atom stereocenters. The van der Waals surface area contributed by atoms with Gasteiger partial charge in [-0.1, -0.05) is 6.42 Å². The fraction of sp³-hybridized carbons (Fsp3) is 0.556. The number of ether oxygens (including phenoxy) is 2. The minimum absolute atomic E-state index is 0.228. The van der Waals surface area contributed by atoms with Gasteiger partial charge in [-0.05, 0) is 56.2 Å². The van der Waals surface area contributed by atoms with Gasteiger partial charge in [0.1, 0.15) is 0 Å². The molecule has 1 N–H and O–H groups in total. The third-order valence-electron chi connectivity index (χ3n) is 5.25. The highest BCUT2D eigenvalue weighted by Gasteiger charge is 2.40. The predicted molar refractivity (Wildman–Crippen MR) is 89.1 cm³/mol. The van der Waals surface area contributed by atoms with Crippen molar-refractivity contribution in [2.75, 3.05) is 14.2 Å². The van der Waals surface area contributed by atoms with Crippen LogP contribution in [0.2, 0.25) is 0 Å². The molecule has 0 aliphatic heterocycles. The second kappa shape index (κ2) is 6.60. The third-order valence-corrected chi connectivity index (χ3v) is 5.25. The van der Waals surface area contributed by atoms with Gasteiger partial charge in [0.05, 0.1) is 14.2 Å². The quantitative estimate of drug-likeness (QED) is 0.670. The fourth-order valence-corrected chi connectivity index (χ4v) is 4.02. The standard InChI is InChI=1S/C18H24N2O3/c1-11(15-9-12-4-5-13(15)8-12)19-20-18(21)14-6-7-16(22-2)17(10-14)23-3/h6-7,10,12-13,15H,4-5,8-9H2,1-3H3,(H,20,21)/b19-11-/t12-,13-,15-/m1/s1. The molecule has 5 heteroatoms. The van der Waals surface area contributed by atoms with Crippen molar-refractivity contribution in [2.24, 2.45) is 22.9 Å². The van der Waals surface area contributed by atoms with E-state index in [0.717, 1.165) is 17.5 Å². The molecule has 1 aromatic rings. The predicted octanol–water partition coefficient (Wildman–Crippen LogP) is 3.25. The number of nitrogens with one attached hydrogen (secondary N) is 1. The van der Waals surface area contributed by atoms with E-state index in [1.54, 1.807) is 32.4 Å². The molecule has 2 aliphatic rings. The van der Waals surface area contributed by atoms with Crippen molar-refractivity contribution < 1.29 is 14.3 Å². The summed E-state index contributed by atoms with van der Waals surface area (Å²) in [5.41, 5.74) is 4.23. The first-order chi connectivity index (χ1) is 11.1. The maximum Gasteiger partial charge on any atom is 0.271 e. The number of fused-ring (bicyclic) bond motifs is 2. The molecule has 0 heterocycles. The van der Waals surface area contributed by atoms with Gasteiger partial charge in [-0.15, -0.1) is 0 Å². The smallest absolute Gasteiger partial charge is 0.271 e. The molecule has 23 heavy (non-hydrogen) atoms. The number of hydrazone groups is 1. The number of amides is 1. The molecule has 2 saturated carbocycles. The molecule has 0 aromatic heterocycles. The van der Waals surface area contributed by atoms with Gasteiger partial charge in [0.25, 0.3) is 5.91 Å². The summed E-state index contributed by atoms with van der Waals surface area (Å²) in [6, 6.07) is 5.09. The number of carbonyl (C=O) groups excluding carboxylic acids is 1. The monoisotopic (exact) mass is 316 g/mol. The average Bonchev–Trinajstić information content (AvgIpc) is 3.21. The Morgan fingerprint density at radius 2 is 1.96 bits per heavy atom. The topological polar surface area (TPSA) is 59.9 Å². The minimum atomic E-state index is -0.228. The van der Waals surface area contributed by atoms with Crippen LogP contribution in [-0.4, -0.2) is 25.8 Å². The van der Waals surface area contributed by atoms with Crippen LogP contribution in [0, 0.1) is 17.8 Å². The highest BCUT2D eigenvalue weighted by molar-refractivity contribution is 5.96. The van der Waals surface area contributed by atoms with Gasteiger partial charge in [0.2, 0.25) is 0 Å². The van der Waals surface area contributed by atoms with Crippen LogP contribution in [0.5, 0.6) is 11.5 Å². The van der Waals surface area contributed by atoms with Gasteiger partial charge < -0.3 is 9.47 Å². The van der Waals surface area contributed by atoms with Gasteiger partial charge in [-0.25, -0.2) is 5.43 Å². The number of hydrogen-bond acceptors (Lipinski definition) is 4. The van der Waals surface area contributed by atoms with Gasteiger partial charge in [0, 0.05) is 17.2 Å². The molecule has 0 saturated heterocycles. The Labute approximate surface area is 137 Å². The molecule has 2 fully saturated rings. The zero-order valence-corrected chi connectivity index (χ0v) is 14.0. The van der Waals surface area contributed by atoms with Gasteiger partial charge in [0.15, 0.2) is 11.5 Å². The van der Waals surface area contributed by atoms with Crippen LogP contribution in [0.25, 0.3) is 0 Å². The van der Waals surface area contributed by atoms with E-state index in [4.69, 9.17) is 9.47 Å². The summed E-state index contributed by atoms with van der Waals surface area (Å²) in [5, 5.41) is 4.34.